The smallest absolute Gasteiger partial charge is 0.239 e. The molecule has 0 aliphatic heterocycles. The van der Waals surface area contributed by atoms with Crippen LogP contribution in [0.15, 0.2) is 40.3 Å². The summed E-state index contributed by atoms with van der Waals surface area (Å²) < 4.78 is 7.50. The Kier molecular flexibility index (Phi) is 4.76. The number of rotatable bonds is 5. The second-order valence-electron chi connectivity index (χ2n) is 6.33. The third-order valence-corrected chi connectivity index (χ3v) is 4.76. The van der Waals surface area contributed by atoms with Crippen molar-refractivity contribution in [1.82, 2.24) is 19.7 Å². The second kappa shape index (κ2) is 6.81. The molecule has 0 saturated heterocycles. The normalized spacial score (nSPS) is 12.8. The van der Waals surface area contributed by atoms with E-state index in [4.69, 9.17) is 4.52 Å². The highest BCUT2D eigenvalue weighted by Gasteiger charge is 2.19. The maximum absolute atomic E-state index is 5.40. The van der Waals surface area contributed by atoms with Crippen molar-refractivity contribution in [2.24, 2.45) is 0 Å². The van der Waals surface area contributed by atoms with Crippen molar-refractivity contribution in [3.63, 3.8) is 0 Å². The van der Waals surface area contributed by atoms with Gasteiger partial charge in [-0.25, -0.2) is 4.98 Å². The highest BCUT2D eigenvalue weighted by molar-refractivity contribution is 7.99. The predicted octanol–water partition coefficient (Wildman–Crippen LogP) is 4.85. The van der Waals surface area contributed by atoms with E-state index < -0.39 is 0 Å². The minimum Gasteiger partial charge on any atom is -0.338 e. The van der Waals surface area contributed by atoms with Crippen LogP contribution < -0.4 is 0 Å². The zero-order valence-electron chi connectivity index (χ0n) is 14.6. The highest BCUT2D eigenvalue weighted by Crippen LogP contribution is 2.34. The van der Waals surface area contributed by atoms with E-state index in [1.165, 1.54) is 11.1 Å². The fraction of sp³-hybridized carbons (Fsp3) is 0.389. The summed E-state index contributed by atoms with van der Waals surface area (Å²) in [6.07, 6.45) is 3.80. The summed E-state index contributed by atoms with van der Waals surface area (Å²) >= 11 is 1.62. The van der Waals surface area contributed by atoms with E-state index >= 15 is 0 Å². The number of benzene rings is 1. The lowest BCUT2D eigenvalue weighted by atomic mass is 10.1. The van der Waals surface area contributed by atoms with Crippen molar-refractivity contribution in [1.29, 1.82) is 0 Å². The fourth-order valence-electron chi connectivity index (χ4n) is 2.52. The molecule has 0 unspecified atom stereocenters. The van der Waals surface area contributed by atoms with Gasteiger partial charge >= 0.3 is 0 Å². The van der Waals surface area contributed by atoms with Gasteiger partial charge in [0.05, 0.1) is 5.25 Å². The Morgan fingerprint density at radius 1 is 1.08 bits per heavy atom. The van der Waals surface area contributed by atoms with Gasteiger partial charge in [0.2, 0.25) is 5.89 Å². The molecule has 126 valence electrons. The zero-order valence-corrected chi connectivity index (χ0v) is 15.5. The van der Waals surface area contributed by atoms with Gasteiger partial charge in [-0.05, 0) is 44.0 Å². The fourth-order valence-corrected chi connectivity index (χ4v) is 3.43. The Morgan fingerprint density at radius 2 is 1.79 bits per heavy atom. The standard InChI is InChI=1S/C18H22N4OS/c1-11(2)16-20-17(23-21-16)14(5)24-18-19-6-7-22(18)15-9-12(3)8-13(4)10-15/h6-11,14H,1-5H3/t14-/m0/s1. The molecule has 1 atom stereocenters. The van der Waals surface area contributed by atoms with Gasteiger partial charge in [0.1, 0.15) is 0 Å². The molecule has 2 heterocycles. The molecule has 3 rings (SSSR count). The highest BCUT2D eigenvalue weighted by atomic mass is 32.2. The monoisotopic (exact) mass is 342 g/mol. The van der Waals surface area contributed by atoms with Gasteiger partial charge in [0.15, 0.2) is 11.0 Å². The van der Waals surface area contributed by atoms with Crippen LogP contribution in [-0.2, 0) is 0 Å². The molecule has 0 amide bonds. The van der Waals surface area contributed by atoms with Crippen LogP contribution in [0.25, 0.3) is 5.69 Å². The first-order valence-electron chi connectivity index (χ1n) is 8.06. The van der Waals surface area contributed by atoms with Crippen molar-refractivity contribution in [2.45, 2.75) is 50.9 Å². The molecule has 0 saturated carbocycles. The van der Waals surface area contributed by atoms with Gasteiger partial charge in [0.25, 0.3) is 0 Å². The molecule has 0 aliphatic rings. The van der Waals surface area contributed by atoms with Crippen molar-refractivity contribution >= 4 is 11.8 Å². The summed E-state index contributed by atoms with van der Waals surface area (Å²) in [5.74, 6) is 1.64. The first-order valence-corrected chi connectivity index (χ1v) is 8.94. The first-order chi connectivity index (χ1) is 11.4. The maximum atomic E-state index is 5.40. The van der Waals surface area contributed by atoms with Crippen LogP contribution >= 0.6 is 11.8 Å². The average molecular weight is 342 g/mol. The molecule has 0 spiro atoms. The Morgan fingerprint density at radius 3 is 2.42 bits per heavy atom. The largest absolute Gasteiger partial charge is 0.338 e. The Bertz CT molecular complexity index is 817. The molecule has 1 aromatic carbocycles. The summed E-state index contributed by atoms with van der Waals surface area (Å²) in [5.41, 5.74) is 3.59. The SMILES string of the molecule is Cc1cc(C)cc(-n2ccnc2S[C@@H](C)c2nc(C(C)C)no2)c1. The summed E-state index contributed by atoms with van der Waals surface area (Å²) in [6, 6.07) is 6.49. The number of imidazole rings is 1. The zero-order chi connectivity index (χ0) is 17.3. The molecule has 3 aromatic rings. The lowest BCUT2D eigenvalue weighted by Crippen LogP contribution is -1.99. The number of nitrogens with zero attached hydrogens (tertiary/aromatic N) is 4. The molecule has 0 radical (unpaired) electrons. The third-order valence-electron chi connectivity index (χ3n) is 3.70. The third kappa shape index (κ3) is 3.53. The molecule has 6 heteroatoms. The van der Waals surface area contributed by atoms with Crippen LogP contribution in [0, 0.1) is 13.8 Å². The number of aromatic nitrogens is 4. The van der Waals surface area contributed by atoms with E-state index in [1.54, 1.807) is 11.8 Å². The molecule has 2 aromatic heterocycles. The minimum atomic E-state index is 0.0389. The van der Waals surface area contributed by atoms with E-state index in [-0.39, 0.29) is 11.2 Å². The van der Waals surface area contributed by atoms with Gasteiger partial charge < -0.3 is 4.52 Å². The predicted molar refractivity (Wildman–Crippen MR) is 95.7 cm³/mol. The van der Waals surface area contributed by atoms with Crippen LogP contribution in [0.2, 0.25) is 0 Å². The minimum absolute atomic E-state index is 0.0389. The van der Waals surface area contributed by atoms with Crippen molar-refractivity contribution in [3.05, 3.63) is 53.4 Å². The van der Waals surface area contributed by atoms with Crippen molar-refractivity contribution in [3.8, 4) is 5.69 Å². The number of aryl methyl sites for hydroxylation is 2. The average Bonchev–Trinajstić information content (AvgIpc) is 3.15. The molecule has 0 N–H and O–H groups in total. The summed E-state index contributed by atoms with van der Waals surface area (Å²) in [7, 11) is 0. The van der Waals surface area contributed by atoms with E-state index in [9.17, 15) is 0 Å². The summed E-state index contributed by atoms with van der Waals surface area (Å²) in [5, 5.41) is 5.00. The van der Waals surface area contributed by atoms with Crippen LogP contribution in [0.5, 0.6) is 0 Å². The number of hydrogen-bond acceptors (Lipinski definition) is 5. The molecular formula is C18H22N4OS. The van der Waals surface area contributed by atoms with Crippen LogP contribution in [0.3, 0.4) is 0 Å². The van der Waals surface area contributed by atoms with E-state index in [1.807, 2.05) is 12.4 Å². The van der Waals surface area contributed by atoms with Crippen LogP contribution in [-0.4, -0.2) is 19.7 Å². The molecule has 0 bridgehead atoms. The van der Waals surface area contributed by atoms with E-state index in [0.717, 1.165) is 16.7 Å². The quantitative estimate of drug-likeness (QED) is 0.620. The van der Waals surface area contributed by atoms with Crippen molar-refractivity contribution < 1.29 is 4.52 Å². The number of hydrogen-bond donors (Lipinski definition) is 0. The summed E-state index contributed by atoms with van der Waals surface area (Å²) in [4.78, 5) is 8.98. The molecular weight excluding hydrogens is 320 g/mol. The van der Waals surface area contributed by atoms with Gasteiger partial charge in [-0.3, -0.25) is 4.57 Å². The topological polar surface area (TPSA) is 56.7 Å². The summed E-state index contributed by atoms with van der Waals surface area (Å²) in [6.45, 7) is 10.4. The maximum Gasteiger partial charge on any atom is 0.239 e. The number of thioether (sulfide) groups is 1. The second-order valence-corrected chi connectivity index (χ2v) is 7.64. The lowest BCUT2D eigenvalue weighted by Gasteiger charge is -2.11. The Balaban J connectivity index is 1.84. The lowest BCUT2D eigenvalue weighted by molar-refractivity contribution is 0.373. The van der Waals surface area contributed by atoms with Gasteiger partial charge in [-0.15, -0.1) is 0 Å². The van der Waals surface area contributed by atoms with Gasteiger partial charge in [0, 0.05) is 24.0 Å². The van der Waals surface area contributed by atoms with E-state index in [2.05, 4.69) is 72.5 Å². The molecule has 0 fully saturated rings. The molecule has 0 aliphatic carbocycles. The Hall–Kier alpha value is -2.08. The van der Waals surface area contributed by atoms with Gasteiger partial charge in [-0.2, -0.15) is 4.98 Å². The molecule has 5 nitrogen and oxygen atoms in total. The van der Waals surface area contributed by atoms with Crippen molar-refractivity contribution in [2.75, 3.05) is 0 Å². The Labute approximate surface area is 146 Å². The first kappa shape index (κ1) is 16.8. The molecule has 24 heavy (non-hydrogen) atoms. The van der Waals surface area contributed by atoms with Crippen LogP contribution in [0.1, 0.15) is 54.8 Å². The van der Waals surface area contributed by atoms with E-state index in [0.29, 0.717) is 5.89 Å². The van der Waals surface area contributed by atoms with Gasteiger partial charge in [-0.1, -0.05) is 36.8 Å². The van der Waals surface area contributed by atoms with Crippen LogP contribution in [0.4, 0.5) is 0 Å².